The molecular formula is C7H14ClN3O2. The highest BCUT2D eigenvalue weighted by Gasteiger charge is 2.29. The van der Waals surface area contributed by atoms with Crippen molar-refractivity contribution in [2.24, 2.45) is 5.73 Å². The van der Waals surface area contributed by atoms with Crippen molar-refractivity contribution in [3.63, 3.8) is 0 Å². The summed E-state index contributed by atoms with van der Waals surface area (Å²) < 4.78 is 0. The number of amides is 2. The Balaban J connectivity index is 0.00000144. The molecule has 0 aromatic heterocycles. The molecule has 2 amide bonds. The topological polar surface area (TPSA) is 66.6 Å². The van der Waals surface area contributed by atoms with E-state index in [-0.39, 0.29) is 12.4 Å². The average molecular weight is 208 g/mol. The fourth-order valence-electron chi connectivity index (χ4n) is 1.14. The van der Waals surface area contributed by atoms with Gasteiger partial charge in [0.2, 0.25) is 0 Å². The van der Waals surface area contributed by atoms with E-state index in [0.29, 0.717) is 26.2 Å². The summed E-state index contributed by atoms with van der Waals surface area (Å²) in [6.07, 6.45) is 0. The van der Waals surface area contributed by atoms with Gasteiger partial charge < -0.3 is 15.5 Å². The Morgan fingerprint density at radius 1 is 1.31 bits per heavy atom. The van der Waals surface area contributed by atoms with E-state index in [0.717, 1.165) is 0 Å². The molecule has 0 saturated carbocycles. The van der Waals surface area contributed by atoms with Crippen molar-refractivity contribution in [3.8, 4) is 0 Å². The number of hydrogen-bond donors (Lipinski definition) is 1. The minimum absolute atomic E-state index is 0. The van der Waals surface area contributed by atoms with Crippen LogP contribution in [0.1, 0.15) is 0 Å². The molecule has 6 heteroatoms. The highest BCUT2D eigenvalue weighted by Crippen LogP contribution is 2.01. The normalized spacial score (nSPS) is 17.4. The number of carbonyl (C=O) groups is 2. The molecule has 2 N–H and O–H groups in total. The molecule has 1 aliphatic rings. The van der Waals surface area contributed by atoms with Crippen LogP contribution in [0.25, 0.3) is 0 Å². The van der Waals surface area contributed by atoms with E-state index in [1.807, 2.05) is 0 Å². The minimum Gasteiger partial charge on any atom is -0.336 e. The highest BCUT2D eigenvalue weighted by atomic mass is 35.5. The van der Waals surface area contributed by atoms with Crippen molar-refractivity contribution in [1.29, 1.82) is 0 Å². The van der Waals surface area contributed by atoms with Gasteiger partial charge in [-0.15, -0.1) is 12.4 Å². The van der Waals surface area contributed by atoms with Gasteiger partial charge in [-0.05, 0) is 0 Å². The van der Waals surface area contributed by atoms with Gasteiger partial charge in [0.15, 0.2) is 0 Å². The van der Waals surface area contributed by atoms with Crippen molar-refractivity contribution < 1.29 is 9.59 Å². The number of carbonyl (C=O) groups excluding carboxylic acids is 2. The maximum atomic E-state index is 11.2. The molecule has 1 rings (SSSR count). The van der Waals surface area contributed by atoms with Gasteiger partial charge in [0.1, 0.15) is 0 Å². The van der Waals surface area contributed by atoms with Crippen LogP contribution in [-0.2, 0) is 9.59 Å². The second-order valence-corrected chi connectivity index (χ2v) is 2.81. The second-order valence-electron chi connectivity index (χ2n) is 2.81. The fraction of sp³-hybridized carbons (Fsp3) is 0.714. The van der Waals surface area contributed by atoms with Gasteiger partial charge in [-0.1, -0.05) is 0 Å². The molecule has 0 aromatic carbocycles. The third-order valence-corrected chi connectivity index (χ3v) is 1.92. The van der Waals surface area contributed by atoms with Crippen LogP contribution in [-0.4, -0.2) is 54.8 Å². The molecule has 0 bridgehead atoms. The lowest BCUT2D eigenvalue weighted by Gasteiger charge is -2.30. The molecule has 1 saturated heterocycles. The number of hydrogen-bond acceptors (Lipinski definition) is 3. The summed E-state index contributed by atoms with van der Waals surface area (Å²) >= 11 is 0. The van der Waals surface area contributed by atoms with E-state index >= 15 is 0 Å². The van der Waals surface area contributed by atoms with E-state index in [1.54, 1.807) is 7.05 Å². The van der Waals surface area contributed by atoms with Gasteiger partial charge in [0.05, 0.1) is 0 Å². The van der Waals surface area contributed by atoms with E-state index in [1.165, 1.54) is 9.80 Å². The van der Waals surface area contributed by atoms with Crippen LogP contribution in [0.2, 0.25) is 0 Å². The first kappa shape index (κ1) is 12.2. The van der Waals surface area contributed by atoms with E-state index in [4.69, 9.17) is 5.73 Å². The average Bonchev–Trinajstić information content (AvgIpc) is 2.07. The minimum atomic E-state index is -0.436. The molecule has 0 spiro atoms. The zero-order valence-electron chi connectivity index (χ0n) is 7.52. The maximum absolute atomic E-state index is 11.2. The quantitative estimate of drug-likeness (QED) is 0.571. The van der Waals surface area contributed by atoms with Crippen LogP contribution >= 0.6 is 12.4 Å². The van der Waals surface area contributed by atoms with Crippen LogP contribution in [0, 0.1) is 0 Å². The number of piperazine rings is 1. The van der Waals surface area contributed by atoms with Gasteiger partial charge in [-0.2, -0.15) is 0 Å². The molecule has 13 heavy (non-hydrogen) atoms. The summed E-state index contributed by atoms with van der Waals surface area (Å²) in [6, 6.07) is 0. The Hall–Kier alpha value is -0.810. The number of nitrogens with two attached hydrogens (primary N) is 1. The highest BCUT2D eigenvalue weighted by molar-refractivity contribution is 6.35. The molecular weight excluding hydrogens is 194 g/mol. The summed E-state index contributed by atoms with van der Waals surface area (Å²) in [4.78, 5) is 25.2. The van der Waals surface area contributed by atoms with Crippen molar-refractivity contribution in [1.82, 2.24) is 9.80 Å². The van der Waals surface area contributed by atoms with Crippen LogP contribution in [0.5, 0.6) is 0 Å². The fourth-order valence-corrected chi connectivity index (χ4v) is 1.14. The summed E-state index contributed by atoms with van der Waals surface area (Å²) in [5.74, 6) is -0.871. The molecule has 0 radical (unpaired) electrons. The molecule has 1 aliphatic heterocycles. The largest absolute Gasteiger partial charge is 0.336 e. The zero-order valence-corrected chi connectivity index (χ0v) is 8.34. The standard InChI is InChI=1S/C7H13N3O2.ClH/c1-9-4-5-10(3-2-8)7(12)6(9)11;/h2-5,8H2,1H3;1H. The Bertz CT molecular complexity index is 210. The first-order valence-electron chi connectivity index (χ1n) is 3.91. The summed E-state index contributed by atoms with van der Waals surface area (Å²) in [7, 11) is 1.63. The van der Waals surface area contributed by atoms with Crippen molar-refractivity contribution >= 4 is 24.2 Å². The monoisotopic (exact) mass is 207 g/mol. The molecule has 5 nitrogen and oxygen atoms in total. The van der Waals surface area contributed by atoms with Crippen LogP contribution in [0.3, 0.4) is 0 Å². The first-order valence-corrected chi connectivity index (χ1v) is 3.91. The Labute approximate surface area is 83.3 Å². The number of nitrogens with zero attached hydrogens (tertiary/aromatic N) is 2. The second kappa shape index (κ2) is 5.04. The lowest BCUT2D eigenvalue weighted by molar-refractivity contribution is -0.154. The van der Waals surface area contributed by atoms with Crippen LogP contribution < -0.4 is 5.73 Å². The van der Waals surface area contributed by atoms with Crippen molar-refractivity contribution in [2.75, 3.05) is 33.2 Å². The lowest BCUT2D eigenvalue weighted by Crippen LogP contribution is -2.53. The number of halogens is 1. The van der Waals surface area contributed by atoms with E-state index in [2.05, 4.69) is 0 Å². The van der Waals surface area contributed by atoms with Gasteiger partial charge >= 0.3 is 11.8 Å². The van der Waals surface area contributed by atoms with Crippen LogP contribution in [0.15, 0.2) is 0 Å². The lowest BCUT2D eigenvalue weighted by atomic mass is 10.3. The van der Waals surface area contributed by atoms with E-state index < -0.39 is 11.8 Å². The molecule has 0 atom stereocenters. The molecule has 0 aromatic rings. The Morgan fingerprint density at radius 3 is 2.46 bits per heavy atom. The zero-order chi connectivity index (χ0) is 9.14. The SMILES string of the molecule is CN1CCN(CCN)C(=O)C1=O.Cl. The predicted octanol–water partition coefficient (Wildman–Crippen LogP) is -1.33. The molecule has 76 valence electrons. The molecule has 0 aliphatic carbocycles. The van der Waals surface area contributed by atoms with Gasteiger partial charge in [-0.3, -0.25) is 9.59 Å². The van der Waals surface area contributed by atoms with Crippen molar-refractivity contribution in [2.45, 2.75) is 0 Å². The molecule has 1 heterocycles. The van der Waals surface area contributed by atoms with Crippen LogP contribution in [0.4, 0.5) is 0 Å². The molecule has 0 unspecified atom stereocenters. The summed E-state index contributed by atoms with van der Waals surface area (Å²) in [6.45, 7) is 2.07. The predicted molar refractivity (Wildman–Crippen MR) is 50.5 cm³/mol. The third kappa shape index (κ3) is 2.57. The van der Waals surface area contributed by atoms with Gasteiger partial charge in [0, 0.05) is 33.2 Å². The Morgan fingerprint density at radius 2 is 1.92 bits per heavy atom. The van der Waals surface area contributed by atoms with Gasteiger partial charge in [-0.25, -0.2) is 0 Å². The molecule has 1 fully saturated rings. The number of rotatable bonds is 2. The summed E-state index contributed by atoms with van der Waals surface area (Å²) in [5.41, 5.74) is 5.28. The van der Waals surface area contributed by atoms with Gasteiger partial charge in [0.25, 0.3) is 0 Å². The third-order valence-electron chi connectivity index (χ3n) is 1.92. The van der Waals surface area contributed by atoms with Crippen molar-refractivity contribution in [3.05, 3.63) is 0 Å². The van der Waals surface area contributed by atoms with E-state index in [9.17, 15) is 9.59 Å². The Kier molecular flexibility index (Phi) is 4.72. The smallest absolute Gasteiger partial charge is 0.312 e. The maximum Gasteiger partial charge on any atom is 0.312 e. The number of likely N-dealkylation sites (N-methyl/N-ethyl adjacent to an activating group) is 1. The first-order chi connectivity index (χ1) is 5.66. The summed E-state index contributed by atoms with van der Waals surface area (Å²) in [5, 5.41) is 0.